The molecule has 1 unspecified atom stereocenters. The minimum absolute atomic E-state index is 0.110. The highest BCUT2D eigenvalue weighted by atomic mass is 35.5. The third kappa shape index (κ3) is 4.61. The number of hydrogen-bond acceptors (Lipinski definition) is 5. The van der Waals surface area contributed by atoms with E-state index in [0.29, 0.717) is 28.5 Å². The van der Waals surface area contributed by atoms with Gasteiger partial charge in [-0.15, -0.1) is 0 Å². The van der Waals surface area contributed by atoms with E-state index in [1.807, 2.05) is 0 Å². The standard InChI is InChI=1S/C23H23ClFNO5S/c1-15(16-5-12-21(30-3)22(13-16)31-4)26(18-7-9-19(29-2)10-8-18)32(27,28)23-14-17(24)6-11-20(23)25/h5-15H,1-4H3. The van der Waals surface area contributed by atoms with Crippen molar-refractivity contribution in [2.24, 2.45) is 0 Å². The molecule has 170 valence electrons. The highest BCUT2D eigenvalue weighted by Gasteiger charge is 2.33. The number of nitrogens with zero attached hydrogens (tertiary/aromatic N) is 1. The van der Waals surface area contributed by atoms with Gasteiger partial charge < -0.3 is 14.2 Å². The molecule has 0 aromatic heterocycles. The third-order valence-electron chi connectivity index (χ3n) is 5.00. The van der Waals surface area contributed by atoms with Crippen LogP contribution < -0.4 is 18.5 Å². The lowest BCUT2D eigenvalue weighted by molar-refractivity contribution is 0.354. The van der Waals surface area contributed by atoms with Crippen molar-refractivity contribution in [2.75, 3.05) is 25.6 Å². The van der Waals surface area contributed by atoms with Gasteiger partial charge in [-0.05, 0) is 67.1 Å². The number of methoxy groups -OCH3 is 3. The van der Waals surface area contributed by atoms with Crippen molar-refractivity contribution >= 4 is 27.3 Å². The van der Waals surface area contributed by atoms with Crippen LogP contribution in [0.3, 0.4) is 0 Å². The highest BCUT2D eigenvalue weighted by molar-refractivity contribution is 7.92. The van der Waals surface area contributed by atoms with Gasteiger partial charge in [-0.3, -0.25) is 4.31 Å². The summed E-state index contributed by atoms with van der Waals surface area (Å²) in [6, 6.07) is 14.2. The SMILES string of the molecule is COc1ccc(N(C(C)c2ccc(OC)c(OC)c2)S(=O)(=O)c2cc(Cl)ccc2F)cc1. The topological polar surface area (TPSA) is 65.1 Å². The van der Waals surface area contributed by atoms with Crippen LogP contribution in [0.2, 0.25) is 5.02 Å². The quantitative estimate of drug-likeness (QED) is 0.429. The van der Waals surface area contributed by atoms with Crippen molar-refractivity contribution in [1.82, 2.24) is 0 Å². The first-order valence-electron chi connectivity index (χ1n) is 9.58. The highest BCUT2D eigenvalue weighted by Crippen LogP contribution is 2.38. The number of anilines is 1. The zero-order valence-corrected chi connectivity index (χ0v) is 19.6. The van der Waals surface area contributed by atoms with Crippen LogP contribution in [0.5, 0.6) is 17.2 Å². The zero-order valence-electron chi connectivity index (χ0n) is 18.0. The summed E-state index contributed by atoms with van der Waals surface area (Å²) in [5, 5.41) is 0.110. The molecule has 0 amide bonds. The van der Waals surface area contributed by atoms with E-state index in [4.69, 9.17) is 25.8 Å². The Morgan fingerprint density at radius 2 is 1.53 bits per heavy atom. The van der Waals surface area contributed by atoms with E-state index in [2.05, 4.69) is 0 Å². The van der Waals surface area contributed by atoms with E-state index in [0.717, 1.165) is 16.4 Å². The van der Waals surface area contributed by atoms with Crippen LogP contribution in [0.25, 0.3) is 0 Å². The first kappa shape index (κ1) is 23.7. The average molecular weight is 480 g/mol. The van der Waals surface area contributed by atoms with Crippen LogP contribution in [0.4, 0.5) is 10.1 Å². The molecular weight excluding hydrogens is 457 g/mol. The molecule has 0 aliphatic heterocycles. The average Bonchev–Trinajstić information content (AvgIpc) is 2.80. The summed E-state index contributed by atoms with van der Waals surface area (Å²) in [6.07, 6.45) is 0. The van der Waals surface area contributed by atoms with E-state index in [1.54, 1.807) is 49.4 Å². The zero-order chi connectivity index (χ0) is 23.5. The Bertz CT molecular complexity index is 1200. The fourth-order valence-corrected chi connectivity index (χ4v) is 5.30. The normalized spacial score (nSPS) is 12.2. The smallest absolute Gasteiger partial charge is 0.267 e. The van der Waals surface area contributed by atoms with Crippen molar-refractivity contribution < 1.29 is 27.0 Å². The predicted molar refractivity (Wildman–Crippen MR) is 122 cm³/mol. The summed E-state index contributed by atoms with van der Waals surface area (Å²) in [5.74, 6) is 0.604. The van der Waals surface area contributed by atoms with Gasteiger partial charge >= 0.3 is 0 Å². The van der Waals surface area contributed by atoms with Gasteiger partial charge in [0.1, 0.15) is 16.5 Å². The molecule has 0 heterocycles. The second-order valence-electron chi connectivity index (χ2n) is 6.86. The van der Waals surface area contributed by atoms with Crippen LogP contribution in [-0.4, -0.2) is 29.7 Å². The molecule has 0 spiro atoms. The summed E-state index contributed by atoms with van der Waals surface area (Å²) in [7, 11) is 0.165. The number of hydrogen-bond donors (Lipinski definition) is 0. The maximum atomic E-state index is 14.6. The molecule has 0 aliphatic rings. The molecule has 3 aromatic carbocycles. The minimum Gasteiger partial charge on any atom is -0.497 e. The Morgan fingerprint density at radius 3 is 2.12 bits per heavy atom. The molecule has 0 aliphatic carbocycles. The van der Waals surface area contributed by atoms with Crippen LogP contribution in [0.15, 0.2) is 65.6 Å². The summed E-state index contributed by atoms with van der Waals surface area (Å²) < 4.78 is 59.0. The Kier molecular flexibility index (Phi) is 7.16. The Hall–Kier alpha value is -2.97. The molecule has 1 atom stereocenters. The van der Waals surface area contributed by atoms with Crippen LogP contribution in [0.1, 0.15) is 18.5 Å². The summed E-state index contributed by atoms with van der Waals surface area (Å²) in [5.41, 5.74) is 0.942. The number of ether oxygens (including phenoxy) is 3. The van der Waals surface area contributed by atoms with Crippen molar-refractivity contribution in [3.05, 3.63) is 77.1 Å². The van der Waals surface area contributed by atoms with E-state index < -0.39 is 26.8 Å². The van der Waals surface area contributed by atoms with Gasteiger partial charge in [0.2, 0.25) is 0 Å². The summed E-state index contributed by atoms with van der Waals surface area (Å²) >= 11 is 5.99. The maximum Gasteiger partial charge on any atom is 0.267 e. The second-order valence-corrected chi connectivity index (χ2v) is 9.08. The molecule has 3 aromatic rings. The number of benzene rings is 3. The molecule has 9 heteroatoms. The summed E-state index contributed by atoms with van der Waals surface area (Å²) in [4.78, 5) is -0.520. The molecule has 32 heavy (non-hydrogen) atoms. The van der Waals surface area contributed by atoms with Crippen LogP contribution >= 0.6 is 11.6 Å². The van der Waals surface area contributed by atoms with Gasteiger partial charge in [-0.1, -0.05) is 17.7 Å². The Balaban J connectivity index is 2.19. The number of rotatable bonds is 8. The summed E-state index contributed by atoms with van der Waals surface area (Å²) in [6.45, 7) is 1.70. The van der Waals surface area contributed by atoms with E-state index in [9.17, 15) is 12.8 Å². The largest absolute Gasteiger partial charge is 0.497 e. The van der Waals surface area contributed by atoms with Gasteiger partial charge in [0.05, 0.1) is 33.1 Å². The molecule has 0 bridgehead atoms. The molecule has 0 radical (unpaired) electrons. The van der Waals surface area contributed by atoms with Crippen molar-refractivity contribution in [3.63, 3.8) is 0 Å². The molecule has 0 saturated heterocycles. The minimum atomic E-state index is -4.35. The predicted octanol–water partition coefficient (Wildman–Crippen LogP) is 5.46. The lowest BCUT2D eigenvalue weighted by Gasteiger charge is -2.31. The molecule has 6 nitrogen and oxygen atoms in total. The lowest BCUT2D eigenvalue weighted by Crippen LogP contribution is -2.34. The fraction of sp³-hybridized carbons (Fsp3) is 0.217. The number of halogens is 2. The Morgan fingerprint density at radius 1 is 0.875 bits per heavy atom. The molecule has 0 fully saturated rings. The second kappa shape index (κ2) is 9.67. The van der Waals surface area contributed by atoms with Crippen molar-refractivity contribution in [2.45, 2.75) is 17.9 Å². The van der Waals surface area contributed by atoms with Crippen LogP contribution in [-0.2, 0) is 10.0 Å². The first-order chi connectivity index (χ1) is 15.2. The third-order valence-corrected chi connectivity index (χ3v) is 7.15. The van der Waals surface area contributed by atoms with E-state index in [-0.39, 0.29) is 5.02 Å². The van der Waals surface area contributed by atoms with Gasteiger partial charge in [0, 0.05) is 5.02 Å². The first-order valence-corrected chi connectivity index (χ1v) is 11.4. The lowest BCUT2D eigenvalue weighted by atomic mass is 10.1. The van der Waals surface area contributed by atoms with Crippen molar-refractivity contribution in [1.29, 1.82) is 0 Å². The van der Waals surface area contributed by atoms with Crippen LogP contribution in [0, 0.1) is 5.82 Å². The number of sulfonamides is 1. The van der Waals surface area contributed by atoms with E-state index in [1.165, 1.54) is 27.4 Å². The van der Waals surface area contributed by atoms with Gasteiger partial charge in [0.15, 0.2) is 11.5 Å². The Labute approximate surface area is 192 Å². The molecule has 3 rings (SSSR count). The van der Waals surface area contributed by atoms with E-state index >= 15 is 0 Å². The molecule has 0 N–H and O–H groups in total. The van der Waals surface area contributed by atoms with Crippen molar-refractivity contribution in [3.8, 4) is 17.2 Å². The maximum absolute atomic E-state index is 14.6. The fourth-order valence-electron chi connectivity index (χ4n) is 3.33. The van der Waals surface area contributed by atoms with Gasteiger partial charge in [-0.2, -0.15) is 0 Å². The molecular formula is C23H23ClFNO5S. The van der Waals surface area contributed by atoms with Gasteiger partial charge in [-0.25, -0.2) is 12.8 Å². The molecule has 0 saturated carbocycles. The monoisotopic (exact) mass is 479 g/mol. The van der Waals surface area contributed by atoms with Gasteiger partial charge in [0.25, 0.3) is 10.0 Å².